The summed E-state index contributed by atoms with van der Waals surface area (Å²) < 4.78 is 31.3. The van der Waals surface area contributed by atoms with Crippen LogP contribution in [0.4, 0.5) is 0 Å². The van der Waals surface area contributed by atoms with Gasteiger partial charge in [0.05, 0.1) is 71.5 Å². The number of benzene rings is 4. The van der Waals surface area contributed by atoms with Gasteiger partial charge < -0.3 is 28.9 Å². The molecule has 0 amide bonds. The fourth-order valence-corrected chi connectivity index (χ4v) is 11.8. The van der Waals surface area contributed by atoms with Crippen LogP contribution in [0.2, 0.25) is 0 Å². The zero-order valence-electron chi connectivity index (χ0n) is 52.8. The first kappa shape index (κ1) is 62.8. The molecule has 2 aliphatic heterocycles. The van der Waals surface area contributed by atoms with Gasteiger partial charge in [-0.25, -0.2) is 47.4 Å². The largest absolute Gasteiger partial charge is 0.462 e. The van der Waals surface area contributed by atoms with Crippen LogP contribution in [0.3, 0.4) is 0 Å². The van der Waals surface area contributed by atoms with Crippen LogP contribution in [0.25, 0.3) is 90.9 Å². The third kappa shape index (κ3) is 15.2. The zero-order valence-corrected chi connectivity index (χ0v) is 52.8. The van der Waals surface area contributed by atoms with Crippen LogP contribution >= 0.6 is 0 Å². The maximum absolute atomic E-state index is 13.6. The lowest BCUT2D eigenvalue weighted by atomic mass is 10.0. The monoisotopic (exact) mass is 1270 g/mol. The van der Waals surface area contributed by atoms with E-state index in [4.69, 9.17) is 28.9 Å². The van der Waals surface area contributed by atoms with E-state index < -0.39 is 23.9 Å². The minimum Gasteiger partial charge on any atom is -0.462 e. The highest BCUT2D eigenvalue weighted by molar-refractivity contribution is 6.01. The number of hydrogen-bond acceptors (Lipinski definition) is 10. The molecule has 13 rings (SSSR count). The molecule has 0 saturated heterocycles. The number of fused-ring (bicyclic) bond motifs is 8. The third-order valence-corrected chi connectivity index (χ3v) is 16.7. The molecule has 0 radical (unpaired) electrons. The second-order valence-corrected chi connectivity index (χ2v) is 23.2. The Morgan fingerprint density at radius 1 is 0.281 bits per heavy atom. The molecule has 16 nitrogen and oxygen atoms in total. The summed E-state index contributed by atoms with van der Waals surface area (Å²) in [6.07, 6.45) is 26.4. The van der Waals surface area contributed by atoms with E-state index >= 15 is 0 Å². The Balaban J connectivity index is 0.912. The first-order valence-electron chi connectivity index (χ1n) is 32.3. The molecule has 0 saturated carbocycles. The third-order valence-electron chi connectivity index (χ3n) is 16.7. The van der Waals surface area contributed by atoms with Gasteiger partial charge in [0, 0.05) is 119 Å². The molecular formula is C80H70N8O8+4. The highest BCUT2D eigenvalue weighted by Gasteiger charge is 2.22. The summed E-state index contributed by atoms with van der Waals surface area (Å²) in [4.78, 5) is 72.8. The molecule has 0 fully saturated rings. The molecule has 7 aromatic heterocycles. The average Bonchev–Trinajstić information content (AvgIpc) is 1.63. The lowest BCUT2D eigenvalue weighted by Gasteiger charge is -2.09. The van der Waals surface area contributed by atoms with Gasteiger partial charge in [0.2, 0.25) is 0 Å². The van der Waals surface area contributed by atoms with Crippen molar-refractivity contribution in [3.63, 3.8) is 0 Å². The maximum atomic E-state index is 13.6. The van der Waals surface area contributed by atoms with Crippen molar-refractivity contribution in [1.29, 1.82) is 0 Å². The highest BCUT2D eigenvalue weighted by Crippen LogP contribution is 2.39. The second kappa shape index (κ2) is 30.1. The Morgan fingerprint density at radius 3 is 0.698 bits per heavy atom. The SMILES string of the molecule is O=C(OCCC[n+]1ccccc1)c1ccc(-c2c3nc(c(-c4ccc(C(=O)OCCC[n+]5ccccc5)cc4)c4ccc([nH]4)c(-c4ccc(C(=O)OCCC[n+]5ccccc5)cc4)c4nc(c(-c5ccc(C(=O)OCCC[n+]6ccccc6)cc5)c5ccc2[nH]5)C=C4)C=C3)cc1. The van der Waals surface area contributed by atoms with E-state index in [0.29, 0.717) is 96.9 Å². The van der Waals surface area contributed by atoms with E-state index in [1.54, 1.807) is 48.5 Å². The maximum Gasteiger partial charge on any atom is 0.338 e. The standard InChI is InChI=1S/C80H69N8O8/c89-77(93-53-13-49-85-41-5-1-6-42-85)61-25-17-57(18-26-61)73-65-33-35-67(81-65)74(58-19-27-62(28-20-58)78(90)94-54-14-50-86-43-7-2-8-44-86)69-37-39-71(83-69)76(60-23-31-64(32-24-60)80(92)96-56-16-52-88-47-11-4-12-48-88)72-40-38-70(84-72)75(68-36-34-66(73)82-68)59-21-29-63(30-22-59)79(91)95-55-15-51-87-45-9-3-10-46-87/h1-12,17-48H,13-16,49-56H2,(H-,81,82,83,84,89,90,91,92)/q+3/p+1. The molecular weight excluding hydrogens is 1200 g/mol. The first-order valence-corrected chi connectivity index (χ1v) is 32.3. The van der Waals surface area contributed by atoms with Crippen molar-refractivity contribution in [2.24, 2.45) is 0 Å². The second-order valence-electron chi connectivity index (χ2n) is 23.2. The van der Waals surface area contributed by atoms with Gasteiger partial charge in [-0.3, -0.25) is 0 Å². The van der Waals surface area contributed by atoms with Gasteiger partial charge in [-0.05, 0) is 119 Å². The topological polar surface area (TPSA) is 178 Å². The number of esters is 4. The van der Waals surface area contributed by atoms with E-state index in [1.807, 2.05) is 219 Å². The summed E-state index contributed by atoms with van der Waals surface area (Å²) in [7, 11) is 0. The lowest BCUT2D eigenvalue weighted by Crippen LogP contribution is -2.32. The molecule has 0 aliphatic carbocycles. The van der Waals surface area contributed by atoms with Crippen molar-refractivity contribution < 1.29 is 56.4 Å². The Bertz CT molecular complexity index is 4210. The summed E-state index contributed by atoms with van der Waals surface area (Å²) in [6, 6.07) is 61.1. The number of H-pyrrole nitrogens is 2. The van der Waals surface area contributed by atoms with Crippen LogP contribution in [0.5, 0.6) is 0 Å². The minimum absolute atomic E-state index is 0.258. The zero-order chi connectivity index (χ0) is 65.4. The van der Waals surface area contributed by atoms with Crippen LogP contribution in [0.1, 0.15) is 89.9 Å². The summed E-state index contributed by atoms with van der Waals surface area (Å²) in [5.74, 6) is -1.69. The molecule has 0 unspecified atom stereocenters. The van der Waals surface area contributed by atoms with Crippen molar-refractivity contribution >= 4 is 70.2 Å². The Kier molecular flexibility index (Phi) is 19.7. The number of aryl methyl sites for hydroxylation is 4. The van der Waals surface area contributed by atoms with Gasteiger partial charge in [-0.15, -0.1) is 0 Å². The Morgan fingerprint density at radius 2 is 0.490 bits per heavy atom. The van der Waals surface area contributed by atoms with Crippen LogP contribution in [0, 0.1) is 0 Å². The summed E-state index contributed by atoms with van der Waals surface area (Å²) in [5.41, 5.74) is 13.2. The normalized spacial score (nSPS) is 11.5. The number of ether oxygens (including phenoxy) is 4. The molecule has 8 bridgehead atoms. The van der Waals surface area contributed by atoms with Crippen molar-refractivity contribution in [2.45, 2.75) is 51.9 Å². The van der Waals surface area contributed by atoms with Gasteiger partial charge in [-0.1, -0.05) is 72.8 Å². The van der Waals surface area contributed by atoms with Crippen LogP contribution in [-0.4, -0.2) is 70.2 Å². The van der Waals surface area contributed by atoms with Crippen molar-refractivity contribution in [1.82, 2.24) is 19.9 Å². The first-order chi connectivity index (χ1) is 47.2. The van der Waals surface area contributed by atoms with E-state index in [2.05, 4.69) is 28.2 Å². The average molecular weight is 1270 g/mol. The Labute approximate surface area is 555 Å². The van der Waals surface area contributed by atoms with Gasteiger partial charge >= 0.3 is 23.9 Å². The number of pyridine rings is 4. The van der Waals surface area contributed by atoms with Crippen molar-refractivity contribution in [3.8, 4) is 44.5 Å². The molecule has 4 aromatic carbocycles. The van der Waals surface area contributed by atoms with E-state index in [0.717, 1.165) is 66.6 Å². The number of rotatable bonds is 24. The van der Waals surface area contributed by atoms with E-state index in [1.165, 1.54) is 0 Å². The highest BCUT2D eigenvalue weighted by atomic mass is 16.5. The molecule has 474 valence electrons. The predicted molar refractivity (Wildman–Crippen MR) is 367 cm³/mol. The minimum atomic E-state index is -0.422. The van der Waals surface area contributed by atoms with Gasteiger partial charge in [0.1, 0.15) is 0 Å². The van der Waals surface area contributed by atoms with Crippen LogP contribution < -0.4 is 18.3 Å². The number of aromatic amines is 2. The quantitative estimate of drug-likeness (QED) is 0.0256. The number of hydrogen-bond donors (Lipinski definition) is 2. The van der Waals surface area contributed by atoms with E-state index in [-0.39, 0.29) is 26.4 Å². The fourth-order valence-electron chi connectivity index (χ4n) is 11.8. The van der Waals surface area contributed by atoms with Gasteiger partial charge in [-0.2, -0.15) is 0 Å². The number of nitrogens with zero attached hydrogens (tertiary/aromatic N) is 6. The fraction of sp³-hybridized carbons (Fsp3) is 0.150. The molecule has 2 aliphatic rings. The van der Waals surface area contributed by atoms with Crippen LogP contribution in [0.15, 0.2) is 244 Å². The van der Waals surface area contributed by atoms with Crippen molar-refractivity contribution in [2.75, 3.05) is 26.4 Å². The molecule has 0 atom stereocenters. The summed E-state index contributed by atoms with van der Waals surface area (Å²) >= 11 is 0. The molecule has 2 N–H and O–H groups in total. The van der Waals surface area contributed by atoms with Gasteiger partial charge in [0.15, 0.2) is 75.8 Å². The lowest BCUT2D eigenvalue weighted by molar-refractivity contribution is -0.697. The Hall–Kier alpha value is -12.0. The molecule has 11 aromatic rings. The smallest absolute Gasteiger partial charge is 0.338 e. The predicted octanol–water partition coefficient (Wildman–Crippen LogP) is 13.5. The van der Waals surface area contributed by atoms with E-state index in [9.17, 15) is 19.2 Å². The number of nitrogens with one attached hydrogen (secondary N) is 2. The molecule has 9 heterocycles. The number of carbonyl (C=O) groups excluding carboxylic acids is 4. The number of aromatic nitrogens is 8. The number of carbonyl (C=O) groups is 4. The molecule has 96 heavy (non-hydrogen) atoms. The van der Waals surface area contributed by atoms with Crippen LogP contribution in [-0.2, 0) is 45.1 Å². The summed E-state index contributed by atoms with van der Waals surface area (Å²) in [5, 5.41) is 0. The molecule has 0 spiro atoms. The summed E-state index contributed by atoms with van der Waals surface area (Å²) in [6.45, 7) is 3.87. The van der Waals surface area contributed by atoms with Crippen molar-refractivity contribution in [3.05, 3.63) is 289 Å². The molecule has 16 heteroatoms. The van der Waals surface area contributed by atoms with Gasteiger partial charge in [0.25, 0.3) is 0 Å².